The van der Waals surface area contributed by atoms with Gasteiger partial charge in [-0.15, -0.1) is 0 Å². The van der Waals surface area contributed by atoms with Crippen molar-refractivity contribution in [1.29, 1.82) is 0 Å². The Bertz CT molecular complexity index is 1550. The lowest BCUT2D eigenvalue weighted by atomic mass is 9.47. The average Bonchev–Trinajstić information content (AvgIpc) is 3.89. The van der Waals surface area contributed by atoms with Crippen LogP contribution in [0.3, 0.4) is 0 Å². The summed E-state index contributed by atoms with van der Waals surface area (Å²) in [6.07, 6.45) is 6.28. The maximum atomic E-state index is 13.8. The SMILES string of the molecule is NC(=O)C12CC3C[C@H](C1)C(NC(=O)N1CCN(c4ccc(N5CCN(S(=O)(=O)C6CC6)CC5)cc4)c4ccccc41)[C@@H](C3)C2. The lowest BCUT2D eigenvalue weighted by Crippen LogP contribution is -2.63. The third kappa shape index (κ3) is 4.65. The van der Waals surface area contributed by atoms with Crippen LogP contribution in [0.5, 0.6) is 0 Å². The quantitative estimate of drug-likeness (QED) is 0.510. The van der Waals surface area contributed by atoms with Gasteiger partial charge in [0.25, 0.3) is 0 Å². The van der Waals surface area contributed by atoms with Gasteiger partial charge in [0.2, 0.25) is 15.9 Å². The number of carbonyl (C=O) groups is 2. The molecule has 10 nitrogen and oxygen atoms in total. The lowest BCUT2D eigenvalue weighted by Gasteiger charge is -2.59. The van der Waals surface area contributed by atoms with Crippen LogP contribution in [-0.4, -0.2) is 75.2 Å². The molecule has 6 fully saturated rings. The molecule has 3 amide bonds. The van der Waals surface area contributed by atoms with Gasteiger partial charge in [-0.2, -0.15) is 4.31 Å². The summed E-state index contributed by atoms with van der Waals surface area (Å²) in [6, 6.07) is 16.6. The maximum Gasteiger partial charge on any atom is 0.322 e. The monoisotopic (exact) mass is 618 g/mol. The van der Waals surface area contributed by atoms with Crippen LogP contribution >= 0.6 is 0 Å². The number of amides is 3. The lowest BCUT2D eigenvalue weighted by molar-refractivity contribution is -0.145. The molecule has 9 rings (SSSR count). The maximum absolute atomic E-state index is 13.8. The van der Waals surface area contributed by atoms with Crippen LogP contribution in [0.2, 0.25) is 0 Å². The molecule has 2 aliphatic heterocycles. The third-order valence-corrected chi connectivity index (χ3v) is 13.8. The fraction of sp³-hybridized carbons (Fsp3) is 0.576. The molecular weight excluding hydrogens is 576 g/mol. The Morgan fingerprint density at radius 1 is 0.795 bits per heavy atom. The second kappa shape index (κ2) is 10.4. The van der Waals surface area contributed by atoms with Crippen LogP contribution in [0, 0.1) is 23.2 Å². The average molecular weight is 619 g/mol. The molecule has 234 valence electrons. The van der Waals surface area contributed by atoms with Gasteiger partial charge in [0, 0.05) is 62.1 Å². The van der Waals surface area contributed by atoms with Crippen molar-refractivity contribution < 1.29 is 18.0 Å². The van der Waals surface area contributed by atoms with Crippen molar-refractivity contribution in [2.45, 2.75) is 56.2 Å². The number of piperazine rings is 1. The fourth-order valence-electron chi connectivity index (χ4n) is 9.24. The standard InChI is InChI=1S/C33H42N6O4S/c34-31(40)33-19-22-17-23(20-33)30(24(18-22)21-33)35-32(41)39-16-15-38(28-3-1-2-4-29(28)39)26-7-5-25(6-8-26)36-11-13-37(14-12-36)44(42,43)27-9-10-27/h1-8,22-24,27,30H,9-21H2,(H2,34,40)(H,35,41)/t22?,23-,24+,30?,33?. The summed E-state index contributed by atoms with van der Waals surface area (Å²) in [7, 11) is -3.12. The predicted molar refractivity (Wildman–Crippen MR) is 170 cm³/mol. The number of primary amides is 1. The summed E-state index contributed by atoms with van der Waals surface area (Å²) in [5, 5.41) is 3.26. The number of benzene rings is 2. The van der Waals surface area contributed by atoms with E-state index in [1.807, 2.05) is 23.1 Å². The number of hydrogen-bond donors (Lipinski definition) is 2. The molecule has 0 radical (unpaired) electrons. The minimum Gasteiger partial charge on any atom is -0.369 e. The molecule has 4 bridgehead atoms. The summed E-state index contributed by atoms with van der Waals surface area (Å²) in [5.41, 5.74) is 9.57. The smallest absolute Gasteiger partial charge is 0.322 e. The van der Waals surface area contributed by atoms with Crippen molar-refractivity contribution in [2.24, 2.45) is 28.9 Å². The second-order valence-electron chi connectivity index (χ2n) is 14.0. The van der Waals surface area contributed by atoms with Gasteiger partial charge in [0.1, 0.15) is 0 Å². The predicted octanol–water partition coefficient (Wildman–Crippen LogP) is 3.65. The van der Waals surface area contributed by atoms with E-state index in [0.29, 0.717) is 57.0 Å². The summed E-state index contributed by atoms with van der Waals surface area (Å²) >= 11 is 0. The van der Waals surface area contributed by atoms with Gasteiger partial charge in [-0.05, 0) is 99.1 Å². The van der Waals surface area contributed by atoms with Gasteiger partial charge in [-0.3, -0.25) is 9.69 Å². The van der Waals surface area contributed by atoms with E-state index in [0.717, 1.165) is 67.7 Å². The minimum atomic E-state index is -3.12. The number of fused-ring (bicyclic) bond motifs is 1. The highest BCUT2D eigenvalue weighted by atomic mass is 32.2. The first-order valence-corrected chi connectivity index (χ1v) is 17.8. The second-order valence-corrected chi connectivity index (χ2v) is 16.2. The van der Waals surface area contributed by atoms with Crippen molar-refractivity contribution in [3.63, 3.8) is 0 Å². The Balaban J connectivity index is 0.946. The van der Waals surface area contributed by atoms with E-state index < -0.39 is 10.0 Å². The van der Waals surface area contributed by atoms with Crippen LogP contribution in [-0.2, 0) is 14.8 Å². The molecular formula is C33H42N6O4S. The highest BCUT2D eigenvalue weighted by molar-refractivity contribution is 7.90. The molecule has 0 spiro atoms. The van der Waals surface area contributed by atoms with Crippen molar-refractivity contribution in [3.8, 4) is 0 Å². The summed E-state index contributed by atoms with van der Waals surface area (Å²) in [5.74, 6) is 1.04. The number of nitrogens with one attached hydrogen (secondary N) is 1. The first kappa shape index (κ1) is 28.2. The Morgan fingerprint density at radius 2 is 1.43 bits per heavy atom. The molecule has 1 saturated heterocycles. The van der Waals surface area contributed by atoms with E-state index in [-0.39, 0.29) is 28.6 Å². The van der Waals surface area contributed by atoms with Crippen LogP contribution < -0.4 is 25.8 Å². The van der Waals surface area contributed by atoms with Crippen molar-refractivity contribution in [2.75, 3.05) is 54.0 Å². The molecule has 3 unspecified atom stereocenters. The molecule has 3 N–H and O–H groups in total. The van der Waals surface area contributed by atoms with Crippen molar-refractivity contribution in [1.82, 2.24) is 9.62 Å². The Morgan fingerprint density at radius 3 is 2.07 bits per heavy atom. The molecule has 5 saturated carbocycles. The zero-order valence-corrected chi connectivity index (χ0v) is 25.9. The Kier molecular flexibility index (Phi) is 6.64. The third-order valence-electron chi connectivity index (χ3n) is 11.4. The molecule has 0 aromatic heterocycles. The van der Waals surface area contributed by atoms with Crippen LogP contribution in [0.25, 0.3) is 0 Å². The van der Waals surface area contributed by atoms with Gasteiger partial charge in [0.15, 0.2) is 0 Å². The van der Waals surface area contributed by atoms with E-state index in [4.69, 9.17) is 5.73 Å². The number of nitrogens with two attached hydrogens (primary N) is 1. The van der Waals surface area contributed by atoms with Gasteiger partial charge >= 0.3 is 6.03 Å². The number of para-hydroxylation sites is 2. The zero-order valence-electron chi connectivity index (χ0n) is 25.1. The van der Waals surface area contributed by atoms with Crippen molar-refractivity contribution >= 4 is 44.7 Å². The van der Waals surface area contributed by atoms with Gasteiger partial charge < -0.3 is 20.9 Å². The number of hydrogen-bond acceptors (Lipinski definition) is 6. The molecule has 7 aliphatic rings. The van der Waals surface area contributed by atoms with E-state index in [2.05, 4.69) is 45.4 Å². The molecule has 5 aliphatic carbocycles. The first-order valence-electron chi connectivity index (χ1n) is 16.3. The number of anilines is 4. The zero-order chi connectivity index (χ0) is 30.2. The van der Waals surface area contributed by atoms with E-state index in [1.54, 1.807) is 4.31 Å². The van der Waals surface area contributed by atoms with Gasteiger partial charge in [0.05, 0.1) is 16.6 Å². The first-order chi connectivity index (χ1) is 21.2. The van der Waals surface area contributed by atoms with Crippen molar-refractivity contribution in [3.05, 3.63) is 48.5 Å². The largest absolute Gasteiger partial charge is 0.369 e. The molecule has 2 aromatic rings. The number of carbonyl (C=O) groups excluding carboxylic acids is 2. The highest BCUT2D eigenvalue weighted by Crippen LogP contribution is 2.60. The van der Waals surface area contributed by atoms with Gasteiger partial charge in [-0.1, -0.05) is 12.1 Å². The fourth-order valence-corrected chi connectivity index (χ4v) is 11.1. The number of urea groups is 1. The molecule has 5 atom stereocenters. The Labute approximate surface area is 259 Å². The molecule has 44 heavy (non-hydrogen) atoms. The Hall–Kier alpha value is -3.31. The summed E-state index contributed by atoms with van der Waals surface area (Å²) in [4.78, 5) is 32.6. The molecule has 2 heterocycles. The number of sulfonamides is 1. The molecule has 2 aromatic carbocycles. The number of rotatable bonds is 6. The highest BCUT2D eigenvalue weighted by Gasteiger charge is 2.58. The van der Waals surface area contributed by atoms with Crippen LogP contribution in [0.1, 0.15) is 44.9 Å². The number of nitrogens with zero attached hydrogens (tertiary/aromatic N) is 4. The molecule has 11 heteroatoms. The van der Waals surface area contributed by atoms with E-state index in [9.17, 15) is 18.0 Å². The van der Waals surface area contributed by atoms with E-state index in [1.165, 1.54) is 0 Å². The van der Waals surface area contributed by atoms with Crippen LogP contribution in [0.15, 0.2) is 48.5 Å². The summed E-state index contributed by atoms with van der Waals surface area (Å²) in [6.45, 7) is 3.69. The van der Waals surface area contributed by atoms with E-state index >= 15 is 0 Å². The van der Waals surface area contributed by atoms with Crippen LogP contribution in [0.4, 0.5) is 27.5 Å². The minimum absolute atomic E-state index is 0.0547. The van der Waals surface area contributed by atoms with Gasteiger partial charge in [-0.25, -0.2) is 13.2 Å². The normalized spacial score (nSPS) is 31.6. The summed E-state index contributed by atoms with van der Waals surface area (Å²) < 4.78 is 26.9. The topological polar surface area (TPSA) is 119 Å².